The number of nitrogens with one attached hydrogen (secondary N) is 2. The van der Waals surface area contributed by atoms with E-state index in [0.29, 0.717) is 24.8 Å². The van der Waals surface area contributed by atoms with E-state index in [1.807, 2.05) is 19.1 Å². The van der Waals surface area contributed by atoms with Gasteiger partial charge in [-0.25, -0.2) is 9.97 Å². The van der Waals surface area contributed by atoms with Gasteiger partial charge < -0.3 is 21.1 Å². The third-order valence-electron chi connectivity index (χ3n) is 5.75. The highest BCUT2D eigenvalue weighted by Gasteiger charge is 2.26. The number of benzene rings is 1. The molecule has 174 valence electrons. The van der Waals surface area contributed by atoms with Crippen LogP contribution < -0.4 is 16.4 Å². The van der Waals surface area contributed by atoms with E-state index < -0.39 is 0 Å². The molecule has 1 aromatic carbocycles. The van der Waals surface area contributed by atoms with Gasteiger partial charge in [-0.1, -0.05) is 31.4 Å². The van der Waals surface area contributed by atoms with Gasteiger partial charge in [0.25, 0.3) is 5.91 Å². The second-order valence-electron chi connectivity index (χ2n) is 8.49. The minimum atomic E-state index is -0.281. The van der Waals surface area contributed by atoms with Gasteiger partial charge in [0.2, 0.25) is 5.82 Å². The number of amides is 1. The maximum Gasteiger partial charge on any atom is 0.289 e. The molecule has 1 saturated carbocycles. The Bertz CT molecular complexity index is 945. The number of anilines is 1. The van der Waals surface area contributed by atoms with Gasteiger partial charge in [-0.3, -0.25) is 9.79 Å². The number of carbonyl (C=O) groups excluding carboxylic acids is 1. The fraction of sp³-hybridized carbons (Fsp3) is 0.583. The monoisotopic (exact) mass is 440 g/mol. The molecule has 0 saturated heterocycles. The van der Waals surface area contributed by atoms with Crippen LogP contribution >= 0.6 is 0 Å². The average Bonchev–Trinajstić information content (AvgIpc) is 2.78. The molecule has 0 bridgehead atoms. The summed E-state index contributed by atoms with van der Waals surface area (Å²) in [6.45, 7) is 5.26. The van der Waals surface area contributed by atoms with Crippen LogP contribution in [0, 0.1) is 6.92 Å². The van der Waals surface area contributed by atoms with Crippen molar-refractivity contribution in [3.8, 4) is 0 Å². The Morgan fingerprint density at radius 2 is 2.09 bits per heavy atom. The van der Waals surface area contributed by atoms with Crippen LogP contribution in [0.25, 0.3) is 10.9 Å². The fourth-order valence-electron chi connectivity index (χ4n) is 4.09. The summed E-state index contributed by atoms with van der Waals surface area (Å²) in [6, 6.07) is 6.23. The fourth-order valence-corrected chi connectivity index (χ4v) is 4.09. The number of methoxy groups -OCH3 is 1. The second kappa shape index (κ2) is 11.8. The van der Waals surface area contributed by atoms with Crippen molar-refractivity contribution < 1.29 is 9.53 Å². The van der Waals surface area contributed by atoms with Gasteiger partial charge in [0.05, 0.1) is 17.4 Å². The standard InChI is InChI=1S/C24H36N6O2/c1-4-8-21(25)27-19-9-5-6-10-20(19)29-22-17-15-16(2)11-12-18(17)28-23(30-22)24(31)26-13-7-14-32-3/h11-12,15,19-20H,4-10,13-14H2,1-3H3,(H2,25,27)(H,26,31)(H,28,29,30)/t19-,20+/m1/s1. The number of nitrogens with two attached hydrogens (primary N) is 1. The second-order valence-corrected chi connectivity index (χ2v) is 8.49. The summed E-state index contributed by atoms with van der Waals surface area (Å²) in [5.41, 5.74) is 8.01. The van der Waals surface area contributed by atoms with Gasteiger partial charge in [-0.05, 0) is 44.7 Å². The third kappa shape index (κ3) is 6.38. The van der Waals surface area contributed by atoms with Crippen molar-refractivity contribution in [2.45, 2.75) is 70.9 Å². The molecule has 1 aliphatic rings. The van der Waals surface area contributed by atoms with E-state index in [1.165, 1.54) is 0 Å². The molecule has 1 heterocycles. The number of carbonyl (C=O) groups is 1. The maximum atomic E-state index is 12.7. The number of aromatic nitrogens is 2. The number of hydrogen-bond acceptors (Lipinski definition) is 6. The van der Waals surface area contributed by atoms with Crippen LogP contribution in [0.4, 0.5) is 5.82 Å². The minimum Gasteiger partial charge on any atom is -0.387 e. The van der Waals surface area contributed by atoms with Gasteiger partial charge >= 0.3 is 0 Å². The van der Waals surface area contributed by atoms with Crippen molar-refractivity contribution in [1.82, 2.24) is 15.3 Å². The summed E-state index contributed by atoms with van der Waals surface area (Å²) >= 11 is 0. The first-order valence-electron chi connectivity index (χ1n) is 11.7. The zero-order chi connectivity index (χ0) is 22.9. The Morgan fingerprint density at radius 1 is 1.28 bits per heavy atom. The lowest BCUT2D eigenvalue weighted by atomic mass is 9.90. The molecular formula is C24H36N6O2. The molecule has 0 spiro atoms. The molecule has 1 fully saturated rings. The SMILES string of the molecule is CCCC(N)=N[C@@H]1CCCC[C@@H]1Nc1nc(C(=O)NCCCOC)nc2ccc(C)cc12. The number of ether oxygens (including phenoxy) is 1. The van der Waals surface area contributed by atoms with E-state index in [1.54, 1.807) is 7.11 Å². The van der Waals surface area contributed by atoms with E-state index in [4.69, 9.17) is 15.5 Å². The molecule has 1 aromatic heterocycles. The van der Waals surface area contributed by atoms with E-state index in [9.17, 15) is 4.79 Å². The van der Waals surface area contributed by atoms with E-state index in [-0.39, 0.29) is 23.8 Å². The van der Waals surface area contributed by atoms with E-state index in [0.717, 1.165) is 61.4 Å². The number of rotatable bonds is 10. The molecular weight excluding hydrogens is 404 g/mol. The van der Waals surface area contributed by atoms with Gasteiger partial charge in [0.1, 0.15) is 5.82 Å². The summed E-state index contributed by atoms with van der Waals surface area (Å²) in [7, 11) is 1.65. The summed E-state index contributed by atoms with van der Waals surface area (Å²) in [4.78, 5) is 26.7. The Morgan fingerprint density at radius 3 is 2.88 bits per heavy atom. The normalized spacial score (nSPS) is 19.2. The van der Waals surface area contributed by atoms with Crippen LogP contribution in [0.2, 0.25) is 0 Å². The topological polar surface area (TPSA) is 115 Å². The first-order chi connectivity index (χ1) is 15.5. The van der Waals surface area contributed by atoms with Crippen LogP contribution in [0.15, 0.2) is 23.2 Å². The molecule has 2 aromatic rings. The van der Waals surface area contributed by atoms with Crippen LogP contribution in [0.5, 0.6) is 0 Å². The van der Waals surface area contributed by atoms with Gasteiger partial charge in [0, 0.05) is 38.1 Å². The molecule has 3 rings (SSSR count). The largest absolute Gasteiger partial charge is 0.387 e. The van der Waals surface area contributed by atoms with Crippen molar-refractivity contribution in [3.05, 3.63) is 29.6 Å². The number of fused-ring (bicyclic) bond motifs is 1. The molecule has 8 nitrogen and oxygen atoms in total. The molecule has 8 heteroatoms. The van der Waals surface area contributed by atoms with Crippen LogP contribution in [0.3, 0.4) is 0 Å². The molecule has 1 amide bonds. The molecule has 32 heavy (non-hydrogen) atoms. The summed E-state index contributed by atoms with van der Waals surface area (Å²) < 4.78 is 5.04. The minimum absolute atomic E-state index is 0.108. The van der Waals surface area contributed by atoms with Crippen LogP contribution in [-0.4, -0.2) is 54.1 Å². The zero-order valence-electron chi connectivity index (χ0n) is 19.5. The van der Waals surface area contributed by atoms with E-state index in [2.05, 4.69) is 33.6 Å². The molecule has 0 aliphatic heterocycles. The lowest BCUT2D eigenvalue weighted by Gasteiger charge is -2.30. The Kier molecular flexibility index (Phi) is 8.79. The highest BCUT2D eigenvalue weighted by Crippen LogP contribution is 2.28. The van der Waals surface area contributed by atoms with E-state index >= 15 is 0 Å². The Hall–Kier alpha value is -2.74. The van der Waals surface area contributed by atoms with Crippen molar-refractivity contribution in [2.24, 2.45) is 10.7 Å². The molecule has 2 atom stereocenters. The summed E-state index contributed by atoms with van der Waals surface area (Å²) in [5, 5.41) is 7.40. The molecule has 0 unspecified atom stereocenters. The van der Waals surface area contributed by atoms with Crippen molar-refractivity contribution in [1.29, 1.82) is 0 Å². The average molecular weight is 441 g/mol. The number of aryl methyl sites for hydroxylation is 1. The van der Waals surface area contributed by atoms with Crippen LogP contribution in [-0.2, 0) is 4.74 Å². The highest BCUT2D eigenvalue weighted by atomic mass is 16.5. The smallest absolute Gasteiger partial charge is 0.289 e. The predicted octanol–water partition coefficient (Wildman–Crippen LogP) is 3.58. The molecule has 4 N–H and O–H groups in total. The van der Waals surface area contributed by atoms with Gasteiger partial charge in [-0.2, -0.15) is 0 Å². The van der Waals surface area contributed by atoms with Crippen molar-refractivity contribution in [2.75, 3.05) is 25.6 Å². The Balaban J connectivity index is 1.88. The van der Waals surface area contributed by atoms with Crippen LogP contribution in [0.1, 0.15) is 68.1 Å². The summed E-state index contributed by atoms with van der Waals surface area (Å²) in [5.74, 6) is 1.28. The predicted molar refractivity (Wildman–Crippen MR) is 129 cm³/mol. The quantitative estimate of drug-likeness (QED) is 0.295. The number of aliphatic imine (C=N–C) groups is 1. The lowest BCUT2D eigenvalue weighted by Crippen LogP contribution is -2.37. The summed E-state index contributed by atoms with van der Waals surface area (Å²) in [6.07, 6.45) is 6.79. The highest BCUT2D eigenvalue weighted by molar-refractivity contribution is 5.96. The zero-order valence-corrected chi connectivity index (χ0v) is 19.5. The lowest BCUT2D eigenvalue weighted by molar-refractivity contribution is 0.0938. The molecule has 1 aliphatic carbocycles. The number of hydrogen-bond donors (Lipinski definition) is 3. The third-order valence-corrected chi connectivity index (χ3v) is 5.75. The first kappa shape index (κ1) is 23.9. The number of amidine groups is 1. The van der Waals surface area contributed by atoms with Crippen molar-refractivity contribution in [3.63, 3.8) is 0 Å². The molecule has 0 radical (unpaired) electrons. The first-order valence-corrected chi connectivity index (χ1v) is 11.7. The Labute approximate surface area is 190 Å². The van der Waals surface area contributed by atoms with Crippen molar-refractivity contribution >= 4 is 28.5 Å². The maximum absolute atomic E-state index is 12.7. The number of nitrogens with zero attached hydrogens (tertiary/aromatic N) is 3. The van der Waals surface area contributed by atoms with Gasteiger partial charge in [0.15, 0.2) is 0 Å². The van der Waals surface area contributed by atoms with Gasteiger partial charge in [-0.15, -0.1) is 0 Å².